The molecule has 0 unspecified atom stereocenters. The minimum Gasteiger partial charge on any atom is -0.507 e. The summed E-state index contributed by atoms with van der Waals surface area (Å²) in [5.41, 5.74) is -0.692. The molecule has 1 aromatic carbocycles. The van der Waals surface area contributed by atoms with Gasteiger partial charge in [-0.05, 0) is 28.8 Å². The topological polar surface area (TPSA) is 76.0 Å². The molecule has 0 aliphatic heterocycles. The first kappa shape index (κ1) is 15.0. The smallest absolute Gasteiger partial charge is 0.314 e. The molecule has 0 bridgehead atoms. The van der Waals surface area contributed by atoms with Gasteiger partial charge < -0.3 is 19.7 Å². The minimum atomic E-state index is -1.07. The van der Waals surface area contributed by atoms with Gasteiger partial charge in [0.25, 0.3) is 0 Å². The molecule has 1 saturated carbocycles. The average Bonchev–Trinajstić information content (AvgIpc) is 2.88. The number of halogens is 1. The maximum absolute atomic E-state index is 11.8. The highest BCUT2D eigenvalue weighted by Gasteiger charge is 2.47. The number of hydrogen-bond acceptors (Lipinski definition) is 4. The lowest BCUT2D eigenvalue weighted by atomic mass is 9.78. The van der Waals surface area contributed by atoms with Crippen LogP contribution in [0.15, 0.2) is 10.5 Å². The number of hydrogen-bond donors (Lipinski definition) is 2. The number of carboxylic acid groups (broad SMARTS) is 1. The first-order valence-electron chi connectivity index (χ1n) is 6.35. The van der Waals surface area contributed by atoms with E-state index in [9.17, 15) is 15.0 Å². The third-order valence-corrected chi connectivity index (χ3v) is 4.69. The Morgan fingerprint density at radius 1 is 1.30 bits per heavy atom. The predicted molar refractivity (Wildman–Crippen MR) is 76.7 cm³/mol. The van der Waals surface area contributed by atoms with Crippen molar-refractivity contribution >= 4 is 21.9 Å². The van der Waals surface area contributed by atoms with E-state index < -0.39 is 11.4 Å². The molecule has 2 rings (SSSR count). The molecule has 0 radical (unpaired) electrons. The van der Waals surface area contributed by atoms with Crippen molar-refractivity contribution in [3.05, 3.63) is 16.1 Å². The zero-order valence-electron chi connectivity index (χ0n) is 11.4. The van der Waals surface area contributed by atoms with Gasteiger partial charge in [-0.2, -0.15) is 0 Å². The SMILES string of the molecule is COc1cc(O)c(C2(C(=O)O)CCCC2)c(Br)c1OC. The van der Waals surface area contributed by atoms with E-state index in [0.717, 1.165) is 12.8 Å². The van der Waals surface area contributed by atoms with E-state index in [4.69, 9.17) is 9.47 Å². The van der Waals surface area contributed by atoms with Crippen LogP contribution in [0.1, 0.15) is 31.2 Å². The van der Waals surface area contributed by atoms with Gasteiger partial charge in [0.1, 0.15) is 5.75 Å². The lowest BCUT2D eigenvalue weighted by Crippen LogP contribution is -2.33. The monoisotopic (exact) mass is 344 g/mol. The number of ether oxygens (including phenoxy) is 2. The minimum absolute atomic E-state index is 0.0844. The molecule has 110 valence electrons. The van der Waals surface area contributed by atoms with Gasteiger partial charge in [0, 0.05) is 11.6 Å². The Labute approximate surface area is 125 Å². The molecular weight excluding hydrogens is 328 g/mol. The predicted octanol–water partition coefficient (Wildman–Crippen LogP) is 3.07. The third-order valence-electron chi connectivity index (χ3n) is 3.94. The van der Waals surface area contributed by atoms with E-state index in [1.165, 1.54) is 20.3 Å². The molecule has 0 amide bonds. The number of methoxy groups -OCH3 is 2. The zero-order chi connectivity index (χ0) is 14.9. The summed E-state index contributed by atoms with van der Waals surface area (Å²) in [6, 6.07) is 1.40. The Bertz CT molecular complexity index is 535. The number of phenols is 1. The number of rotatable bonds is 4. The van der Waals surface area contributed by atoms with Crippen molar-refractivity contribution in [2.75, 3.05) is 14.2 Å². The molecule has 2 N–H and O–H groups in total. The van der Waals surface area contributed by atoms with E-state index in [-0.39, 0.29) is 5.75 Å². The van der Waals surface area contributed by atoms with Crippen LogP contribution in [-0.4, -0.2) is 30.4 Å². The number of benzene rings is 1. The Kier molecular flexibility index (Phi) is 4.13. The number of carbonyl (C=O) groups is 1. The molecule has 1 aliphatic rings. The summed E-state index contributed by atoms with van der Waals surface area (Å²) in [6.45, 7) is 0. The molecule has 1 aliphatic carbocycles. The van der Waals surface area contributed by atoms with Gasteiger partial charge in [0.15, 0.2) is 11.5 Å². The van der Waals surface area contributed by atoms with Gasteiger partial charge in [-0.3, -0.25) is 4.79 Å². The molecule has 1 fully saturated rings. The Balaban J connectivity index is 2.70. The van der Waals surface area contributed by atoms with Crippen LogP contribution in [0.4, 0.5) is 0 Å². The van der Waals surface area contributed by atoms with Crippen molar-refractivity contribution in [2.45, 2.75) is 31.1 Å². The van der Waals surface area contributed by atoms with Crippen molar-refractivity contribution in [1.82, 2.24) is 0 Å². The molecule has 6 heteroatoms. The van der Waals surface area contributed by atoms with Crippen LogP contribution < -0.4 is 9.47 Å². The lowest BCUT2D eigenvalue weighted by Gasteiger charge is -2.27. The highest BCUT2D eigenvalue weighted by Crippen LogP contribution is 2.52. The summed E-state index contributed by atoms with van der Waals surface area (Å²) in [6.07, 6.45) is 2.66. The summed E-state index contributed by atoms with van der Waals surface area (Å²) in [7, 11) is 2.94. The van der Waals surface area contributed by atoms with Crippen LogP contribution in [0, 0.1) is 0 Å². The summed E-state index contributed by atoms with van der Waals surface area (Å²) >= 11 is 3.37. The molecule has 0 heterocycles. The highest BCUT2D eigenvalue weighted by molar-refractivity contribution is 9.10. The Morgan fingerprint density at radius 3 is 2.35 bits per heavy atom. The maximum Gasteiger partial charge on any atom is 0.314 e. The fourth-order valence-corrected chi connectivity index (χ4v) is 3.88. The van der Waals surface area contributed by atoms with Crippen LogP contribution in [0.2, 0.25) is 0 Å². The second-order valence-corrected chi connectivity index (χ2v) is 5.71. The molecule has 0 spiro atoms. The molecular formula is C14H17BrO5. The Morgan fingerprint density at radius 2 is 1.90 bits per heavy atom. The summed E-state index contributed by atoms with van der Waals surface area (Å²) < 4.78 is 10.9. The van der Waals surface area contributed by atoms with Crippen molar-refractivity contribution in [2.24, 2.45) is 0 Å². The fraction of sp³-hybridized carbons (Fsp3) is 0.500. The van der Waals surface area contributed by atoms with E-state index in [1.807, 2.05) is 0 Å². The number of phenolic OH excluding ortho intramolecular Hbond substituents is 1. The van der Waals surface area contributed by atoms with Gasteiger partial charge in [-0.1, -0.05) is 12.8 Å². The van der Waals surface area contributed by atoms with Crippen LogP contribution in [0.3, 0.4) is 0 Å². The quantitative estimate of drug-likeness (QED) is 0.877. The number of aromatic hydroxyl groups is 1. The first-order valence-corrected chi connectivity index (χ1v) is 7.14. The van der Waals surface area contributed by atoms with E-state index in [1.54, 1.807) is 0 Å². The van der Waals surface area contributed by atoms with Crippen LogP contribution in [-0.2, 0) is 10.2 Å². The van der Waals surface area contributed by atoms with Crippen molar-refractivity contribution in [1.29, 1.82) is 0 Å². The van der Waals surface area contributed by atoms with E-state index >= 15 is 0 Å². The molecule has 0 atom stereocenters. The van der Waals surface area contributed by atoms with Crippen molar-refractivity contribution in [3.63, 3.8) is 0 Å². The number of aliphatic carboxylic acids is 1. The lowest BCUT2D eigenvalue weighted by molar-refractivity contribution is -0.143. The molecule has 20 heavy (non-hydrogen) atoms. The van der Waals surface area contributed by atoms with E-state index in [2.05, 4.69) is 15.9 Å². The molecule has 0 aromatic heterocycles. The van der Waals surface area contributed by atoms with Crippen molar-refractivity contribution < 1.29 is 24.5 Å². The van der Waals surface area contributed by atoms with Crippen molar-refractivity contribution in [3.8, 4) is 17.2 Å². The largest absolute Gasteiger partial charge is 0.507 e. The third kappa shape index (κ3) is 2.12. The van der Waals surface area contributed by atoms with E-state index in [0.29, 0.717) is 34.4 Å². The van der Waals surface area contributed by atoms with Crippen LogP contribution >= 0.6 is 15.9 Å². The van der Waals surface area contributed by atoms with Gasteiger partial charge in [-0.15, -0.1) is 0 Å². The second kappa shape index (κ2) is 5.52. The van der Waals surface area contributed by atoms with Gasteiger partial charge >= 0.3 is 5.97 Å². The Hall–Kier alpha value is -1.43. The summed E-state index contributed by atoms with van der Waals surface area (Å²) in [5.74, 6) is -0.246. The molecule has 1 aromatic rings. The maximum atomic E-state index is 11.8. The molecule has 5 nitrogen and oxygen atoms in total. The fourth-order valence-electron chi connectivity index (χ4n) is 2.94. The highest BCUT2D eigenvalue weighted by atomic mass is 79.9. The van der Waals surface area contributed by atoms with Gasteiger partial charge in [0.2, 0.25) is 0 Å². The standard InChI is InChI=1S/C14H17BrO5/c1-19-9-7-8(16)10(11(15)12(9)20-2)14(13(17)18)5-3-4-6-14/h7,16H,3-6H2,1-2H3,(H,17,18). The average molecular weight is 345 g/mol. The van der Waals surface area contributed by atoms with Gasteiger partial charge in [0.05, 0.1) is 24.1 Å². The molecule has 0 saturated heterocycles. The zero-order valence-corrected chi connectivity index (χ0v) is 13.0. The van der Waals surface area contributed by atoms with Crippen LogP contribution in [0.5, 0.6) is 17.2 Å². The van der Waals surface area contributed by atoms with Crippen LogP contribution in [0.25, 0.3) is 0 Å². The normalized spacial score (nSPS) is 16.9. The summed E-state index contributed by atoms with van der Waals surface area (Å²) in [4.78, 5) is 11.8. The number of carboxylic acids is 1. The summed E-state index contributed by atoms with van der Waals surface area (Å²) in [5, 5.41) is 19.9. The first-order chi connectivity index (χ1) is 9.47. The van der Waals surface area contributed by atoms with Gasteiger partial charge in [-0.25, -0.2) is 0 Å². The second-order valence-electron chi connectivity index (χ2n) is 4.91.